The first kappa shape index (κ1) is 55.7. The number of nitrogens with zero attached hydrogens (tertiary/aromatic N) is 1. The summed E-state index contributed by atoms with van der Waals surface area (Å²) in [5.41, 5.74) is 12.1. The molecule has 15 rings (SSSR count). The second-order valence-corrected chi connectivity index (χ2v) is 23.6. The van der Waals surface area contributed by atoms with E-state index in [1.807, 2.05) is 188 Å². The van der Waals surface area contributed by atoms with Crippen LogP contribution in [-0.4, -0.2) is 0 Å². The van der Waals surface area contributed by atoms with Crippen molar-refractivity contribution < 1.29 is 35.8 Å². The highest BCUT2D eigenvalue weighted by Crippen LogP contribution is 2.62. The Balaban J connectivity index is 0.986. The van der Waals surface area contributed by atoms with E-state index in [4.69, 9.17) is 9.47 Å². The molecular weight excluding hydrogens is 1130 g/mol. The Morgan fingerprint density at radius 3 is 1.08 bits per heavy atom. The van der Waals surface area contributed by atoms with Crippen LogP contribution in [0.4, 0.5) is 43.4 Å². The molecule has 0 radical (unpaired) electrons. The van der Waals surface area contributed by atoms with Crippen LogP contribution in [-0.2, 0) is 16.2 Å². The van der Waals surface area contributed by atoms with Gasteiger partial charge in [-0.3, -0.25) is 0 Å². The van der Waals surface area contributed by atoms with Gasteiger partial charge in [0.1, 0.15) is 23.0 Å². The summed E-state index contributed by atoms with van der Waals surface area (Å²) in [5, 5.41) is 0. The van der Waals surface area contributed by atoms with Crippen LogP contribution in [0.15, 0.2) is 262 Å². The minimum atomic E-state index is -1.59. The topological polar surface area (TPSA) is 21.7 Å². The summed E-state index contributed by atoms with van der Waals surface area (Å²) in [7, 11) is 0. The molecular formula is C81H53F6NO2. The van der Waals surface area contributed by atoms with Crippen LogP contribution >= 0.6 is 0 Å². The largest absolute Gasteiger partial charge is 0.457 e. The van der Waals surface area contributed by atoms with Crippen LogP contribution < -0.4 is 14.4 Å². The smallest absolute Gasteiger partial charge is 0.194 e. The van der Waals surface area contributed by atoms with E-state index in [0.717, 1.165) is 85.6 Å². The molecule has 2 atom stereocenters. The van der Waals surface area contributed by atoms with Crippen molar-refractivity contribution in [2.75, 3.05) is 4.90 Å². The molecule has 90 heavy (non-hydrogen) atoms. The Hall–Kier alpha value is -10.9. The maximum Gasteiger partial charge on any atom is 0.194 e. The predicted molar refractivity (Wildman–Crippen MR) is 346 cm³/mol. The second kappa shape index (κ2) is 21.2. The molecule has 0 aromatic heterocycles. The molecule has 0 aliphatic heterocycles. The van der Waals surface area contributed by atoms with E-state index < -0.39 is 51.1 Å². The predicted octanol–water partition coefficient (Wildman–Crippen LogP) is 21.9. The zero-order valence-electron chi connectivity index (χ0n) is 48.8. The lowest BCUT2D eigenvalue weighted by Gasteiger charge is -2.37. The monoisotopic (exact) mass is 1190 g/mol. The van der Waals surface area contributed by atoms with Crippen LogP contribution in [0, 0.1) is 34.9 Å². The average molecular weight is 1190 g/mol. The van der Waals surface area contributed by atoms with E-state index >= 15 is 26.3 Å². The van der Waals surface area contributed by atoms with Crippen molar-refractivity contribution in [1.29, 1.82) is 0 Å². The molecule has 0 fully saturated rings. The first-order valence-electron chi connectivity index (χ1n) is 29.6. The standard InChI is InChI=1S/C81H53F6NO2/c1-5-48-22-32-56(33-23-48)89-58-36-26-50(27-37-58)80(52-42-71(82)77(86)72(83)43-52)67-19-11-8-14-60(67)63-40-30-54(46-69(63)80)88(75-21-13-17-65-62-16-7-10-18-66(62)79(3,4)76(65)75)55-31-41-64-61-15-9-12-20-68(61)81(70(64)47-55,53-44-73(84)78(87)74(85)45-53)51-28-38-59(39-29-51)90-57-34-24-49(6-2)25-35-57/h5-47H,1-2H2,3-4H3. The molecule has 0 spiro atoms. The van der Waals surface area contributed by atoms with Gasteiger partial charge in [0, 0.05) is 16.8 Å². The molecule has 0 saturated heterocycles. The van der Waals surface area contributed by atoms with Gasteiger partial charge in [-0.25, -0.2) is 26.3 Å². The minimum Gasteiger partial charge on any atom is -0.457 e. The zero-order valence-corrected chi connectivity index (χ0v) is 48.8. The first-order valence-corrected chi connectivity index (χ1v) is 29.6. The van der Waals surface area contributed by atoms with E-state index in [1.165, 1.54) is 0 Å². The Morgan fingerprint density at radius 2 is 0.678 bits per heavy atom. The summed E-state index contributed by atoms with van der Waals surface area (Å²) >= 11 is 0. The number of benzene rings is 12. The molecule has 0 amide bonds. The van der Waals surface area contributed by atoms with Gasteiger partial charge in [-0.2, -0.15) is 0 Å². The molecule has 3 nitrogen and oxygen atoms in total. The molecule has 3 aliphatic rings. The Labute approximate surface area is 517 Å². The number of hydrogen-bond donors (Lipinski definition) is 0. The fourth-order valence-electron chi connectivity index (χ4n) is 14.5. The van der Waals surface area contributed by atoms with Crippen molar-refractivity contribution in [3.8, 4) is 56.4 Å². The summed E-state index contributed by atoms with van der Waals surface area (Å²) in [5.74, 6) is -6.38. The average Bonchev–Trinajstić information content (AvgIpc) is 1.52. The third-order valence-corrected chi connectivity index (χ3v) is 18.5. The van der Waals surface area contributed by atoms with E-state index in [1.54, 1.807) is 12.2 Å². The van der Waals surface area contributed by atoms with Gasteiger partial charge in [0.15, 0.2) is 34.9 Å². The third-order valence-electron chi connectivity index (χ3n) is 18.5. The van der Waals surface area contributed by atoms with Gasteiger partial charge in [0.2, 0.25) is 0 Å². The van der Waals surface area contributed by atoms with Gasteiger partial charge in [-0.05, 0) is 203 Å². The van der Waals surface area contributed by atoms with E-state index in [0.29, 0.717) is 67.8 Å². The Bertz CT molecular complexity index is 4620. The molecule has 0 N–H and O–H groups in total. The number of halogens is 6. The zero-order chi connectivity index (χ0) is 61.8. The van der Waals surface area contributed by atoms with E-state index in [2.05, 4.69) is 68.3 Å². The maximum atomic E-state index is 16.2. The lowest BCUT2D eigenvalue weighted by molar-refractivity contribution is 0.443. The fraction of sp³-hybridized carbons (Fsp3) is 0.0617. The molecule has 9 heteroatoms. The Kier molecular flexibility index (Phi) is 13.1. The molecule has 0 bridgehead atoms. The molecule has 12 aromatic rings. The van der Waals surface area contributed by atoms with Gasteiger partial charge in [-0.1, -0.05) is 185 Å². The minimum absolute atomic E-state index is 0.153. The number of fused-ring (bicyclic) bond motifs is 9. The summed E-state index contributed by atoms with van der Waals surface area (Å²) in [6.45, 7) is 12.1. The molecule has 12 aromatic carbocycles. The van der Waals surface area contributed by atoms with Crippen LogP contribution in [0.25, 0.3) is 45.5 Å². The highest BCUT2D eigenvalue weighted by molar-refractivity contribution is 5.95. The van der Waals surface area contributed by atoms with Gasteiger partial charge in [0.05, 0.1) is 16.5 Å². The van der Waals surface area contributed by atoms with Crippen LogP contribution in [0.2, 0.25) is 0 Å². The number of hydrogen-bond acceptors (Lipinski definition) is 3. The molecule has 436 valence electrons. The first-order chi connectivity index (χ1) is 43.7. The summed E-state index contributed by atoms with van der Waals surface area (Å²) < 4.78 is 109. The number of anilines is 3. The summed E-state index contributed by atoms with van der Waals surface area (Å²) in [6, 6.07) is 76.4. The molecule has 3 aliphatic carbocycles. The van der Waals surface area contributed by atoms with Gasteiger partial charge in [-0.15, -0.1) is 0 Å². The highest BCUT2D eigenvalue weighted by atomic mass is 19.2. The lowest BCUT2D eigenvalue weighted by Crippen LogP contribution is -2.30. The van der Waals surface area contributed by atoms with Crippen molar-refractivity contribution >= 4 is 29.2 Å². The molecule has 0 heterocycles. The van der Waals surface area contributed by atoms with Crippen molar-refractivity contribution in [3.05, 3.63) is 364 Å². The van der Waals surface area contributed by atoms with Gasteiger partial charge in [0.25, 0.3) is 0 Å². The number of ether oxygens (including phenoxy) is 2. The number of rotatable bonds is 13. The quantitative estimate of drug-likeness (QED) is 0.0848. The fourth-order valence-corrected chi connectivity index (χ4v) is 14.5. The van der Waals surface area contributed by atoms with Crippen molar-refractivity contribution in [3.63, 3.8) is 0 Å². The van der Waals surface area contributed by atoms with E-state index in [-0.39, 0.29) is 11.1 Å². The second-order valence-electron chi connectivity index (χ2n) is 23.6. The molecule has 0 saturated carbocycles. The Morgan fingerprint density at radius 1 is 0.333 bits per heavy atom. The van der Waals surface area contributed by atoms with Crippen LogP contribution in [0.3, 0.4) is 0 Å². The molecule has 2 unspecified atom stereocenters. The lowest BCUT2D eigenvalue weighted by atomic mass is 9.67. The maximum absolute atomic E-state index is 16.2. The highest BCUT2D eigenvalue weighted by Gasteiger charge is 2.50. The third kappa shape index (κ3) is 8.43. The van der Waals surface area contributed by atoms with Gasteiger partial charge < -0.3 is 14.4 Å². The van der Waals surface area contributed by atoms with E-state index in [9.17, 15) is 0 Å². The summed E-state index contributed by atoms with van der Waals surface area (Å²) in [4.78, 5) is 2.18. The van der Waals surface area contributed by atoms with Crippen molar-refractivity contribution in [1.82, 2.24) is 0 Å². The normalized spacial score (nSPS) is 16.0. The summed E-state index contributed by atoms with van der Waals surface area (Å²) in [6.07, 6.45) is 3.49. The van der Waals surface area contributed by atoms with Crippen molar-refractivity contribution in [2.24, 2.45) is 0 Å². The van der Waals surface area contributed by atoms with Crippen molar-refractivity contribution in [2.45, 2.75) is 30.1 Å². The van der Waals surface area contributed by atoms with Crippen LogP contribution in [0.1, 0.15) is 80.6 Å². The van der Waals surface area contributed by atoms with Crippen LogP contribution in [0.5, 0.6) is 23.0 Å². The SMILES string of the molecule is C=Cc1ccc(Oc2ccc(C3(c4cc(F)c(F)c(F)c4)c4ccccc4-c4ccc(N(c5ccc6c(c5)C(c5ccc(Oc7ccc(C=C)cc7)cc5)(c5cc(F)c(F)c(F)c5)c5ccccc5-6)c5cccc6c5C(C)(C)c5ccccc5-6)cc43)cc2)cc1. The van der Waals surface area contributed by atoms with Gasteiger partial charge >= 0.3 is 0 Å².